The predicted molar refractivity (Wildman–Crippen MR) is 61.6 cm³/mol. The van der Waals surface area contributed by atoms with Crippen molar-refractivity contribution in [1.29, 1.82) is 0 Å². The molecular weight excluding hydrogens is 224 g/mol. The van der Waals surface area contributed by atoms with E-state index in [4.69, 9.17) is 5.11 Å². The molecule has 16 heavy (non-hydrogen) atoms. The van der Waals surface area contributed by atoms with Crippen molar-refractivity contribution >= 4 is 17.7 Å². The van der Waals surface area contributed by atoms with E-state index in [1.165, 1.54) is 0 Å². The Bertz CT molecular complexity index is 465. The Hall–Kier alpha value is -1.75. The van der Waals surface area contributed by atoms with Gasteiger partial charge in [0.2, 0.25) is 0 Å². The molecule has 0 unspecified atom stereocenters. The van der Waals surface area contributed by atoms with Crippen molar-refractivity contribution < 1.29 is 9.90 Å². The summed E-state index contributed by atoms with van der Waals surface area (Å²) in [7, 11) is 0. The molecular formula is C11H10N2O2S. The first-order valence-electron chi connectivity index (χ1n) is 4.70. The summed E-state index contributed by atoms with van der Waals surface area (Å²) < 4.78 is 0. The Kier molecular flexibility index (Phi) is 3.26. The van der Waals surface area contributed by atoms with Crippen LogP contribution in [0.4, 0.5) is 0 Å². The van der Waals surface area contributed by atoms with Gasteiger partial charge in [0.25, 0.3) is 0 Å². The highest BCUT2D eigenvalue weighted by Crippen LogP contribution is 2.18. The maximum atomic E-state index is 10.6. The summed E-state index contributed by atoms with van der Waals surface area (Å²) in [5.74, 6) is -0.127. The van der Waals surface area contributed by atoms with Crippen molar-refractivity contribution in [2.45, 2.75) is 10.9 Å². The summed E-state index contributed by atoms with van der Waals surface area (Å²) in [4.78, 5) is 17.7. The molecule has 0 aliphatic carbocycles. The SMILES string of the molecule is O=C(O)c1ccc(CSc2ncc[nH]2)cc1. The zero-order chi connectivity index (χ0) is 11.4. The third-order valence-electron chi connectivity index (χ3n) is 2.05. The number of aromatic nitrogens is 2. The summed E-state index contributed by atoms with van der Waals surface area (Å²) in [6.45, 7) is 0. The lowest BCUT2D eigenvalue weighted by molar-refractivity contribution is 0.0697. The highest BCUT2D eigenvalue weighted by molar-refractivity contribution is 7.98. The summed E-state index contributed by atoms with van der Waals surface area (Å²) in [5, 5.41) is 9.60. The van der Waals surface area contributed by atoms with Gasteiger partial charge < -0.3 is 10.1 Å². The average molecular weight is 234 g/mol. The molecule has 0 atom stereocenters. The minimum absolute atomic E-state index is 0.312. The Labute approximate surface area is 96.7 Å². The lowest BCUT2D eigenvalue weighted by Crippen LogP contribution is -1.95. The number of aromatic carboxylic acids is 1. The van der Waals surface area contributed by atoms with Crippen LogP contribution in [0.5, 0.6) is 0 Å². The fraction of sp³-hybridized carbons (Fsp3) is 0.0909. The summed E-state index contributed by atoms with van der Waals surface area (Å²) in [6, 6.07) is 6.86. The molecule has 1 aromatic carbocycles. The zero-order valence-electron chi connectivity index (χ0n) is 8.38. The first kappa shape index (κ1) is 10.8. The van der Waals surface area contributed by atoms with Crippen molar-refractivity contribution in [2.75, 3.05) is 0 Å². The topological polar surface area (TPSA) is 66.0 Å². The van der Waals surface area contributed by atoms with Gasteiger partial charge in [-0.05, 0) is 17.7 Å². The highest BCUT2D eigenvalue weighted by atomic mass is 32.2. The predicted octanol–water partition coefficient (Wildman–Crippen LogP) is 2.40. The van der Waals surface area contributed by atoms with Gasteiger partial charge in [0, 0.05) is 18.1 Å². The van der Waals surface area contributed by atoms with Crippen LogP contribution in [0.15, 0.2) is 41.8 Å². The van der Waals surface area contributed by atoms with Crippen LogP contribution in [-0.4, -0.2) is 21.0 Å². The maximum Gasteiger partial charge on any atom is 0.335 e. The fourth-order valence-electron chi connectivity index (χ4n) is 1.22. The first-order chi connectivity index (χ1) is 7.75. The third-order valence-corrected chi connectivity index (χ3v) is 3.02. The van der Waals surface area contributed by atoms with E-state index in [0.717, 1.165) is 16.5 Å². The molecule has 5 heteroatoms. The van der Waals surface area contributed by atoms with Gasteiger partial charge >= 0.3 is 5.97 Å². The van der Waals surface area contributed by atoms with E-state index in [-0.39, 0.29) is 0 Å². The van der Waals surface area contributed by atoms with E-state index < -0.39 is 5.97 Å². The Balaban J connectivity index is 1.98. The number of carboxylic acids is 1. The quantitative estimate of drug-likeness (QED) is 0.797. The molecule has 1 heterocycles. The number of thioether (sulfide) groups is 1. The van der Waals surface area contributed by atoms with Gasteiger partial charge in [0.15, 0.2) is 5.16 Å². The van der Waals surface area contributed by atoms with Crippen LogP contribution >= 0.6 is 11.8 Å². The second kappa shape index (κ2) is 4.85. The normalized spacial score (nSPS) is 10.2. The summed E-state index contributed by atoms with van der Waals surface area (Å²) in [6.07, 6.45) is 3.48. The van der Waals surface area contributed by atoms with E-state index in [0.29, 0.717) is 5.56 Å². The molecule has 2 rings (SSSR count). The number of carbonyl (C=O) groups is 1. The molecule has 2 N–H and O–H groups in total. The van der Waals surface area contributed by atoms with Crippen LogP contribution in [0.25, 0.3) is 0 Å². The molecule has 2 aromatic rings. The molecule has 0 radical (unpaired) electrons. The van der Waals surface area contributed by atoms with Gasteiger partial charge in [0.1, 0.15) is 0 Å². The lowest BCUT2D eigenvalue weighted by Gasteiger charge is -2.00. The Morgan fingerprint density at radius 1 is 1.38 bits per heavy atom. The Morgan fingerprint density at radius 2 is 2.12 bits per heavy atom. The van der Waals surface area contributed by atoms with Crippen LogP contribution in [0.1, 0.15) is 15.9 Å². The van der Waals surface area contributed by atoms with E-state index in [1.807, 2.05) is 12.1 Å². The molecule has 0 spiro atoms. The van der Waals surface area contributed by atoms with Crippen molar-refractivity contribution in [2.24, 2.45) is 0 Å². The third kappa shape index (κ3) is 2.64. The van der Waals surface area contributed by atoms with Crippen LogP contribution in [0.3, 0.4) is 0 Å². The number of rotatable bonds is 4. The molecule has 0 saturated carbocycles. The van der Waals surface area contributed by atoms with E-state index in [1.54, 1.807) is 36.3 Å². The number of H-pyrrole nitrogens is 1. The number of nitrogens with one attached hydrogen (secondary N) is 1. The molecule has 0 bridgehead atoms. The first-order valence-corrected chi connectivity index (χ1v) is 5.68. The van der Waals surface area contributed by atoms with Crippen molar-refractivity contribution in [1.82, 2.24) is 9.97 Å². The monoisotopic (exact) mass is 234 g/mol. The van der Waals surface area contributed by atoms with Gasteiger partial charge in [-0.1, -0.05) is 23.9 Å². The van der Waals surface area contributed by atoms with Gasteiger partial charge in [-0.15, -0.1) is 0 Å². The van der Waals surface area contributed by atoms with Crippen molar-refractivity contribution in [3.63, 3.8) is 0 Å². The summed E-state index contributed by atoms with van der Waals surface area (Å²) >= 11 is 1.58. The number of hydrogen-bond donors (Lipinski definition) is 2. The fourth-order valence-corrected chi connectivity index (χ4v) is 2.01. The number of hydrogen-bond acceptors (Lipinski definition) is 3. The highest BCUT2D eigenvalue weighted by Gasteiger charge is 2.02. The van der Waals surface area contributed by atoms with E-state index in [9.17, 15) is 4.79 Å². The van der Waals surface area contributed by atoms with Crippen LogP contribution in [0.2, 0.25) is 0 Å². The van der Waals surface area contributed by atoms with Gasteiger partial charge in [-0.3, -0.25) is 0 Å². The second-order valence-corrected chi connectivity index (χ2v) is 4.15. The van der Waals surface area contributed by atoms with Crippen LogP contribution in [-0.2, 0) is 5.75 Å². The second-order valence-electron chi connectivity index (χ2n) is 3.19. The summed E-state index contributed by atoms with van der Waals surface area (Å²) in [5.41, 5.74) is 1.39. The number of carboxylic acid groups (broad SMARTS) is 1. The van der Waals surface area contributed by atoms with Gasteiger partial charge in [-0.2, -0.15) is 0 Å². The van der Waals surface area contributed by atoms with Crippen molar-refractivity contribution in [3.8, 4) is 0 Å². The lowest BCUT2D eigenvalue weighted by atomic mass is 10.1. The zero-order valence-corrected chi connectivity index (χ0v) is 9.20. The van der Waals surface area contributed by atoms with Gasteiger partial charge in [0.05, 0.1) is 5.56 Å². The largest absolute Gasteiger partial charge is 0.478 e. The molecule has 0 aliphatic heterocycles. The minimum Gasteiger partial charge on any atom is -0.478 e. The number of benzene rings is 1. The van der Waals surface area contributed by atoms with E-state index >= 15 is 0 Å². The molecule has 1 aromatic heterocycles. The average Bonchev–Trinajstić information content (AvgIpc) is 2.80. The maximum absolute atomic E-state index is 10.6. The minimum atomic E-state index is -0.898. The van der Waals surface area contributed by atoms with Crippen molar-refractivity contribution in [3.05, 3.63) is 47.8 Å². The number of aromatic amines is 1. The van der Waals surface area contributed by atoms with E-state index in [2.05, 4.69) is 9.97 Å². The molecule has 0 amide bonds. The Morgan fingerprint density at radius 3 is 2.69 bits per heavy atom. The van der Waals surface area contributed by atoms with Gasteiger partial charge in [-0.25, -0.2) is 9.78 Å². The van der Waals surface area contributed by atoms with Crippen LogP contribution < -0.4 is 0 Å². The smallest absolute Gasteiger partial charge is 0.335 e. The molecule has 0 aliphatic rings. The molecule has 0 saturated heterocycles. The number of imidazole rings is 1. The molecule has 0 fully saturated rings. The molecule has 4 nitrogen and oxygen atoms in total. The van der Waals surface area contributed by atoms with Crippen LogP contribution in [0, 0.1) is 0 Å². The standard InChI is InChI=1S/C11H10N2O2S/c14-10(15)9-3-1-8(2-4-9)7-16-11-12-5-6-13-11/h1-6H,7H2,(H,12,13)(H,14,15). The molecule has 82 valence electrons. The number of nitrogens with zero attached hydrogens (tertiary/aromatic N) is 1.